The second-order valence-corrected chi connectivity index (χ2v) is 4.65. The molecule has 0 bridgehead atoms. The van der Waals surface area contributed by atoms with Crippen LogP contribution < -0.4 is 26.6 Å². The van der Waals surface area contributed by atoms with Crippen LogP contribution in [-0.2, 0) is 0 Å². The average Bonchev–Trinajstić information content (AvgIpc) is 2.50. The third-order valence-corrected chi connectivity index (χ3v) is 3.05. The third-order valence-electron chi connectivity index (χ3n) is 3.05. The van der Waals surface area contributed by atoms with Gasteiger partial charge in [0.1, 0.15) is 16.4 Å². The van der Waals surface area contributed by atoms with E-state index in [2.05, 4.69) is 9.97 Å². The molecule has 21 heavy (non-hydrogen) atoms. The number of methoxy groups -OCH3 is 1. The van der Waals surface area contributed by atoms with Gasteiger partial charge in [-0.2, -0.15) is 0 Å². The Morgan fingerprint density at radius 3 is 2.29 bits per heavy atom. The first-order chi connectivity index (χ1) is 10.1. The summed E-state index contributed by atoms with van der Waals surface area (Å²) in [5.41, 5.74) is 0.206. The Bertz CT molecular complexity index is 830. The van der Waals surface area contributed by atoms with Crippen molar-refractivity contribution in [2.24, 2.45) is 0 Å². The summed E-state index contributed by atoms with van der Waals surface area (Å²) in [5, 5.41) is 0.549. The normalized spacial score (nSPS) is 12.7. The van der Waals surface area contributed by atoms with Crippen LogP contribution in [0.1, 0.15) is 25.3 Å². The van der Waals surface area contributed by atoms with Gasteiger partial charge in [-0.1, -0.05) is 31.6 Å². The molecule has 0 atom stereocenters. The van der Waals surface area contributed by atoms with Gasteiger partial charge in [-0.05, 0) is 30.2 Å². The van der Waals surface area contributed by atoms with Gasteiger partial charge in [0.25, 0.3) is 11.1 Å². The largest absolute Gasteiger partial charge is 0.497 e. The van der Waals surface area contributed by atoms with Gasteiger partial charge in [-0.3, -0.25) is 9.59 Å². The highest BCUT2D eigenvalue weighted by atomic mass is 16.5. The molecule has 0 saturated carbocycles. The first-order valence-electron chi connectivity index (χ1n) is 6.82. The highest BCUT2D eigenvalue weighted by Gasteiger charge is 1.96. The van der Waals surface area contributed by atoms with Crippen molar-refractivity contribution in [3.63, 3.8) is 0 Å². The molecule has 0 amide bonds. The Morgan fingerprint density at radius 1 is 1.05 bits per heavy atom. The van der Waals surface area contributed by atoms with E-state index in [1.54, 1.807) is 31.4 Å². The minimum atomic E-state index is -0.312. The summed E-state index contributed by atoms with van der Waals surface area (Å²) in [7, 11) is 1.59. The molecular formula is C16H18N2O3. The van der Waals surface area contributed by atoms with E-state index >= 15 is 0 Å². The number of hydrogen-bond acceptors (Lipinski definition) is 3. The van der Waals surface area contributed by atoms with E-state index in [1.165, 1.54) is 0 Å². The van der Waals surface area contributed by atoms with Crippen molar-refractivity contribution in [1.29, 1.82) is 0 Å². The first-order valence-corrected chi connectivity index (χ1v) is 6.82. The molecule has 0 aliphatic rings. The lowest BCUT2D eigenvalue weighted by atomic mass is 10.2. The van der Waals surface area contributed by atoms with Crippen LogP contribution >= 0.6 is 0 Å². The van der Waals surface area contributed by atoms with Gasteiger partial charge in [-0.25, -0.2) is 0 Å². The standard InChI is InChI=1S/C16H18N2O3/c1-3-4-5-13-15(19)18-14(16(20)17-13)10-11-6-8-12(21-2)9-7-11/h5-10H,3-4H2,1-2H3,(H,17,20)(H,18,19)/b13-5?,14-10+. The van der Waals surface area contributed by atoms with Gasteiger partial charge in [0, 0.05) is 0 Å². The fourth-order valence-electron chi connectivity index (χ4n) is 1.89. The minimum Gasteiger partial charge on any atom is -0.497 e. The smallest absolute Gasteiger partial charge is 0.272 e. The summed E-state index contributed by atoms with van der Waals surface area (Å²) >= 11 is 0. The molecular weight excluding hydrogens is 268 g/mol. The Kier molecular flexibility index (Phi) is 4.77. The van der Waals surface area contributed by atoms with Crippen LogP contribution in [-0.4, -0.2) is 17.1 Å². The van der Waals surface area contributed by atoms with Crippen molar-refractivity contribution in [3.8, 4) is 5.75 Å². The van der Waals surface area contributed by atoms with Crippen LogP contribution in [0.15, 0.2) is 33.9 Å². The lowest BCUT2D eigenvalue weighted by molar-refractivity contribution is 0.415. The van der Waals surface area contributed by atoms with Crippen LogP contribution in [0.25, 0.3) is 12.2 Å². The average molecular weight is 286 g/mol. The summed E-state index contributed by atoms with van der Waals surface area (Å²) in [5.74, 6) is 0.735. The predicted molar refractivity (Wildman–Crippen MR) is 82.9 cm³/mol. The molecule has 0 unspecified atom stereocenters. The number of hydrogen-bond donors (Lipinski definition) is 2. The van der Waals surface area contributed by atoms with Crippen LogP contribution in [0.2, 0.25) is 0 Å². The number of H-pyrrole nitrogens is 2. The zero-order chi connectivity index (χ0) is 15.2. The molecule has 0 radical (unpaired) electrons. The molecule has 0 aliphatic carbocycles. The van der Waals surface area contributed by atoms with Crippen molar-refractivity contribution in [2.45, 2.75) is 19.8 Å². The number of aromatic amines is 2. The van der Waals surface area contributed by atoms with E-state index in [-0.39, 0.29) is 16.5 Å². The number of aromatic nitrogens is 2. The summed E-state index contributed by atoms with van der Waals surface area (Å²) in [6.45, 7) is 2.01. The van der Waals surface area contributed by atoms with Gasteiger partial charge in [0.15, 0.2) is 0 Å². The van der Waals surface area contributed by atoms with Crippen molar-refractivity contribution in [2.75, 3.05) is 7.11 Å². The number of rotatable bonds is 4. The number of nitrogens with one attached hydrogen (secondary N) is 2. The molecule has 0 saturated heterocycles. The molecule has 2 N–H and O–H groups in total. The molecule has 2 rings (SSSR count). The second kappa shape index (κ2) is 6.74. The van der Waals surface area contributed by atoms with Gasteiger partial charge in [-0.15, -0.1) is 0 Å². The van der Waals surface area contributed by atoms with Crippen molar-refractivity contribution in [1.82, 2.24) is 9.97 Å². The third kappa shape index (κ3) is 3.72. The maximum absolute atomic E-state index is 12.0. The Morgan fingerprint density at radius 2 is 1.67 bits per heavy atom. The van der Waals surface area contributed by atoms with E-state index < -0.39 is 0 Å². The molecule has 1 aromatic carbocycles. The summed E-state index contributed by atoms with van der Waals surface area (Å²) in [6.07, 6.45) is 5.03. The molecule has 0 spiro atoms. The Hall–Kier alpha value is -2.56. The SMILES string of the molecule is CCCC=c1[nH]c(=O)/c(=C\c2ccc(OC)cc2)[nH]c1=O. The number of benzene rings is 1. The topological polar surface area (TPSA) is 75.0 Å². The number of unbranched alkanes of at least 4 members (excludes halogenated alkanes) is 1. The lowest BCUT2D eigenvalue weighted by Gasteiger charge is -1.98. The summed E-state index contributed by atoms with van der Waals surface area (Å²) < 4.78 is 5.07. The molecule has 2 aromatic rings. The number of ether oxygens (including phenoxy) is 1. The van der Waals surface area contributed by atoms with Gasteiger partial charge >= 0.3 is 0 Å². The summed E-state index contributed by atoms with van der Waals surface area (Å²) in [6, 6.07) is 7.21. The Labute approximate surface area is 121 Å². The molecule has 0 fully saturated rings. The van der Waals surface area contributed by atoms with Crippen LogP contribution in [0.3, 0.4) is 0 Å². The highest BCUT2D eigenvalue weighted by Crippen LogP contribution is 2.11. The predicted octanol–water partition coefficient (Wildman–Crippen LogP) is 0.481. The van der Waals surface area contributed by atoms with E-state index in [0.29, 0.717) is 5.35 Å². The fraction of sp³-hybridized carbons (Fsp3) is 0.250. The highest BCUT2D eigenvalue weighted by molar-refractivity contribution is 5.49. The van der Waals surface area contributed by atoms with Gasteiger partial charge in [0.05, 0.1) is 7.11 Å². The molecule has 0 aliphatic heterocycles. The minimum absolute atomic E-state index is 0.235. The summed E-state index contributed by atoms with van der Waals surface area (Å²) in [4.78, 5) is 29.1. The maximum atomic E-state index is 12.0. The molecule has 1 heterocycles. The van der Waals surface area contributed by atoms with Gasteiger partial charge in [0.2, 0.25) is 0 Å². The van der Waals surface area contributed by atoms with E-state index in [9.17, 15) is 9.59 Å². The van der Waals surface area contributed by atoms with Gasteiger partial charge < -0.3 is 14.7 Å². The molecule has 110 valence electrons. The zero-order valence-corrected chi connectivity index (χ0v) is 12.1. The first kappa shape index (κ1) is 14.8. The molecule has 1 aromatic heterocycles. The molecule has 5 nitrogen and oxygen atoms in total. The van der Waals surface area contributed by atoms with E-state index in [1.807, 2.05) is 19.1 Å². The second-order valence-electron chi connectivity index (χ2n) is 4.65. The van der Waals surface area contributed by atoms with Crippen molar-refractivity contribution in [3.05, 3.63) is 61.2 Å². The Balaban J connectivity index is 2.49. The van der Waals surface area contributed by atoms with Crippen molar-refractivity contribution < 1.29 is 4.74 Å². The van der Waals surface area contributed by atoms with E-state index in [4.69, 9.17) is 4.74 Å². The quantitative estimate of drug-likeness (QED) is 0.858. The van der Waals surface area contributed by atoms with Crippen LogP contribution in [0.4, 0.5) is 0 Å². The van der Waals surface area contributed by atoms with Crippen molar-refractivity contribution >= 4 is 12.2 Å². The van der Waals surface area contributed by atoms with E-state index in [0.717, 1.165) is 24.2 Å². The maximum Gasteiger partial charge on any atom is 0.272 e. The monoisotopic (exact) mass is 286 g/mol. The fourth-order valence-corrected chi connectivity index (χ4v) is 1.89. The zero-order valence-electron chi connectivity index (χ0n) is 12.1. The van der Waals surface area contributed by atoms with Crippen LogP contribution in [0.5, 0.6) is 5.75 Å². The molecule has 5 heteroatoms. The van der Waals surface area contributed by atoms with Crippen LogP contribution in [0, 0.1) is 0 Å². The lowest BCUT2D eigenvalue weighted by Crippen LogP contribution is -2.46.